The quantitative estimate of drug-likeness (QED) is 0.731. The fourth-order valence-electron chi connectivity index (χ4n) is 2.01. The van der Waals surface area contributed by atoms with Crippen molar-refractivity contribution in [3.8, 4) is 11.4 Å². The van der Waals surface area contributed by atoms with Gasteiger partial charge in [-0.1, -0.05) is 11.6 Å². The fraction of sp³-hybridized carbons (Fsp3) is 0.0769. The zero-order valence-corrected chi connectivity index (χ0v) is 11.6. The number of halogens is 1. The van der Waals surface area contributed by atoms with Gasteiger partial charge < -0.3 is 9.72 Å². The number of ether oxygens (including phenoxy) is 1. The Hall–Kier alpha value is -1.85. The highest BCUT2D eigenvalue weighted by atomic mass is 35.5. The van der Waals surface area contributed by atoms with Gasteiger partial charge in [0.2, 0.25) is 0 Å². The lowest BCUT2D eigenvalue weighted by atomic mass is 10.3. The van der Waals surface area contributed by atoms with Crippen LogP contribution in [0.5, 0.6) is 5.75 Å². The summed E-state index contributed by atoms with van der Waals surface area (Å²) in [7, 11) is 1.59. The molecule has 0 bridgehead atoms. The summed E-state index contributed by atoms with van der Waals surface area (Å²) in [5.74, 6) is 0.637. The maximum Gasteiger partial charge on any atom is 0.182 e. The van der Waals surface area contributed by atoms with Crippen LogP contribution in [-0.2, 0) is 0 Å². The van der Waals surface area contributed by atoms with Crippen molar-refractivity contribution >= 4 is 34.9 Å². The van der Waals surface area contributed by atoms with Crippen molar-refractivity contribution in [2.24, 2.45) is 0 Å². The average Bonchev–Trinajstić information content (AvgIpc) is 2.74. The first-order valence-electron chi connectivity index (χ1n) is 5.59. The van der Waals surface area contributed by atoms with E-state index in [9.17, 15) is 0 Å². The zero-order valence-electron chi connectivity index (χ0n) is 10.1. The molecule has 0 aliphatic rings. The molecule has 4 nitrogen and oxygen atoms in total. The molecule has 0 aliphatic heterocycles. The monoisotopic (exact) mass is 291 g/mol. The van der Waals surface area contributed by atoms with Crippen LogP contribution in [0.15, 0.2) is 36.7 Å². The van der Waals surface area contributed by atoms with E-state index in [4.69, 9.17) is 28.6 Å². The Morgan fingerprint density at radius 1 is 1.37 bits per heavy atom. The van der Waals surface area contributed by atoms with Gasteiger partial charge in [0, 0.05) is 6.20 Å². The van der Waals surface area contributed by atoms with Gasteiger partial charge in [0.25, 0.3) is 0 Å². The van der Waals surface area contributed by atoms with E-state index in [1.54, 1.807) is 19.5 Å². The summed E-state index contributed by atoms with van der Waals surface area (Å²) in [6.45, 7) is 0. The van der Waals surface area contributed by atoms with Gasteiger partial charge >= 0.3 is 0 Å². The largest absolute Gasteiger partial charge is 0.495 e. The van der Waals surface area contributed by atoms with Crippen molar-refractivity contribution in [2.75, 3.05) is 7.11 Å². The van der Waals surface area contributed by atoms with Crippen LogP contribution in [0.4, 0.5) is 0 Å². The second-order valence-electron chi connectivity index (χ2n) is 3.98. The topological polar surface area (TPSA) is 42.8 Å². The van der Waals surface area contributed by atoms with Gasteiger partial charge in [0.15, 0.2) is 4.77 Å². The van der Waals surface area contributed by atoms with Gasteiger partial charge in [0.1, 0.15) is 5.75 Å². The van der Waals surface area contributed by atoms with Crippen molar-refractivity contribution < 1.29 is 4.74 Å². The lowest BCUT2D eigenvalue weighted by molar-refractivity contribution is 0.415. The van der Waals surface area contributed by atoms with Crippen LogP contribution < -0.4 is 4.74 Å². The third-order valence-corrected chi connectivity index (χ3v) is 3.46. The average molecular weight is 292 g/mol. The Balaban J connectivity index is 2.27. The molecule has 0 unspecified atom stereocenters. The highest BCUT2D eigenvalue weighted by molar-refractivity contribution is 7.71. The van der Waals surface area contributed by atoms with E-state index >= 15 is 0 Å². The Morgan fingerprint density at radius 2 is 2.21 bits per heavy atom. The number of aromatic amines is 1. The van der Waals surface area contributed by atoms with E-state index in [1.165, 1.54) is 0 Å². The Morgan fingerprint density at radius 3 is 2.95 bits per heavy atom. The molecule has 0 atom stereocenters. The normalized spacial score (nSPS) is 10.8. The second-order valence-corrected chi connectivity index (χ2v) is 4.77. The molecule has 6 heteroatoms. The molecule has 2 heterocycles. The van der Waals surface area contributed by atoms with E-state index in [2.05, 4.69) is 9.97 Å². The molecule has 1 N–H and O–H groups in total. The molecule has 0 radical (unpaired) electrons. The molecule has 0 saturated carbocycles. The molecule has 1 aromatic carbocycles. The molecule has 19 heavy (non-hydrogen) atoms. The summed E-state index contributed by atoms with van der Waals surface area (Å²) < 4.78 is 7.67. The van der Waals surface area contributed by atoms with Crippen LogP contribution in [-0.4, -0.2) is 21.6 Å². The van der Waals surface area contributed by atoms with Crippen molar-refractivity contribution in [1.29, 1.82) is 0 Å². The number of nitrogens with one attached hydrogen (secondary N) is 1. The Labute approximate surface area is 119 Å². The minimum Gasteiger partial charge on any atom is -0.495 e. The van der Waals surface area contributed by atoms with Crippen LogP contribution in [0.2, 0.25) is 5.02 Å². The Kier molecular flexibility index (Phi) is 3.00. The minimum absolute atomic E-state index is 0.547. The smallest absolute Gasteiger partial charge is 0.182 e. The maximum atomic E-state index is 6.16. The molecule has 2 aromatic heterocycles. The summed E-state index contributed by atoms with van der Waals surface area (Å²) in [4.78, 5) is 7.18. The summed E-state index contributed by atoms with van der Waals surface area (Å²) in [5, 5.41) is 0.547. The molecule has 0 saturated heterocycles. The summed E-state index contributed by atoms with van der Waals surface area (Å²) in [5.41, 5.74) is 2.73. The van der Waals surface area contributed by atoms with Gasteiger partial charge in [-0.25, -0.2) is 0 Å². The van der Waals surface area contributed by atoms with E-state index < -0.39 is 0 Å². The number of benzene rings is 1. The van der Waals surface area contributed by atoms with E-state index in [0.29, 0.717) is 15.5 Å². The van der Waals surface area contributed by atoms with Crippen molar-refractivity contribution in [2.45, 2.75) is 0 Å². The van der Waals surface area contributed by atoms with Crippen molar-refractivity contribution in [3.63, 3.8) is 0 Å². The Bertz CT molecular complexity index is 809. The van der Waals surface area contributed by atoms with Crippen LogP contribution in [0.3, 0.4) is 0 Å². The van der Waals surface area contributed by atoms with Gasteiger partial charge in [0.05, 0.1) is 35.1 Å². The fourth-order valence-corrected chi connectivity index (χ4v) is 2.58. The highest BCUT2D eigenvalue weighted by Gasteiger charge is 2.08. The zero-order chi connectivity index (χ0) is 13.4. The van der Waals surface area contributed by atoms with Gasteiger partial charge in [-0.15, -0.1) is 0 Å². The van der Waals surface area contributed by atoms with Gasteiger partial charge in [-0.3, -0.25) is 9.55 Å². The van der Waals surface area contributed by atoms with Crippen LogP contribution in [0.1, 0.15) is 0 Å². The number of pyridine rings is 1. The molecule has 0 fully saturated rings. The first-order valence-corrected chi connectivity index (χ1v) is 6.38. The molecule has 0 spiro atoms. The van der Waals surface area contributed by atoms with E-state index in [-0.39, 0.29) is 0 Å². The van der Waals surface area contributed by atoms with Crippen LogP contribution >= 0.6 is 23.8 Å². The molecule has 3 rings (SSSR count). The van der Waals surface area contributed by atoms with Crippen molar-refractivity contribution in [1.82, 2.24) is 14.5 Å². The predicted molar refractivity (Wildman–Crippen MR) is 77.8 cm³/mol. The third-order valence-electron chi connectivity index (χ3n) is 2.88. The standard InChI is InChI=1S/C13H10ClN3OS/c1-18-12-3-2-8(6-9(12)14)17-11-4-5-15-7-10(11)16-13(17)19/h2-7H,1H3,(H,16,19). The summed E-state index contributed by atoms with van der Waals surface area (Å²) in [6, 6.07) is 7.46. The first kappa shape index (κ1) is 12.2. The second kappa shape index (κ2) is 4.68. The minimum atomic E-state index is 0.547. The number of fused-ring (bicyclic) bond motifs is 1. The van der Waals surface area contributed by atoms with Crippen molar-refractivity contribution in [3.05, 3.63) is 46.5 Å². The lowest BCUT2D eigenvalue weighted by Gasteiger charge is -2.07. The number of H-pyrrole nitrogens is 1. The number of imidazole rings is 1. The van der Waals surface area contributed by atoms with Crippen LogP contribution in [0.25, 0.3) is 16.7 Å². The highest BCUT2D eigenvalue weighted by Crippen LogP contribution is 2.28. The molecular formula is C13H10ClN3OS. The van der Waals surface area contributed by atoms with Gasteiger partial charge in [-0.05, 0) is 36.5 Å². The lowest BCUT2D eigenvalue weighted by Crippen LogP contribution is -1.95. The maximum absolute atomic E-state index is 6.16. The third kappa shape index (κ3) is 2.01. The molecule has 96 valence electrons. The SMILES string of the molecule is COc1ccc(-n2c(=S)[nH]c3cnccc32)cc1Cl. The molecular weight excluding hydrogens is 282 g/mol. The number of hydrogen-bond donors (Lipinski definition) is 1. The number of aromatic nitrogens is 3. The first-order chi connectivity index (χ1) is 9.20. The number of rotatable bonds is 2. The number of nitrogens with zero attached hydrogens (tertiary/aromatic N) is 2. The van der Waals surface area contributed by atoms with E-state index in [1.807, 2.05) is 28.8 Å². The summed E-state index contributed by atoms with van der Waals surface area (Å²) >= 11 is 11.5. The molecule has 0 amide bonds. The molecule has 0 aliphatic carbocycles. The van der Waals surface area contributed by atoms with Gasteiger partial charge in [-0.2, -0.15) is 0 Å². The number of hydrogen-bond acceptors (Lipinski definition) is 3. The summed E-state index contributed by atoms with van der Waals surface area (Å²) in [6.07, 6.45) is 3.47. The van der Waals surface area contributed by atoms with E-state index in [0.717, 1.165) is 16.7 Å². The van der Waals surface area contributed by atoms with Crippen LogP contribution in [0, 0.1) is 4.77 Å². The predicted octanol–water partition coefficient (Wildman–Crippen LogP) is 3.75. The number of methoxy groups -OCH3 is 1. The molecule has 3 aromatic rings.